The van der Waals surface area contributed by atoms with Crippen LogP contribution in [0.25, 0.3) is 11.2 Å². The molecule has 2 aromatic rings. The highest BCUT2D eigenvalue weighted by atomic mass is 32.2. The van der Waals surface area contributed by atoms with Gasteiger partial charge in [0.2, 0.25) is 5.91 Å². The number of hydrogen-bond acceptors (Lipinski definition) is 9. The Balaban J connectivity index is 1.17. The van der Waals surface area contributed by atoms with Crippen molar-refractivity contribution in [2.24, 2.45) is 0 Å². The molecule has 0 unspecified atom stereocenters. The molecule has 0 aromatic carbocycles. The number of imidazole rings is 1. The Morgan fingerprint density at radius 2 is 2.18 bits per heavy atom. The van der Waals surface area contributed by atoms with Crippen LogP contribution in [0.15, 0.2) is 6.33 Å². The van der Waals surface area contributed by atoms with Crippen molar-refractivity contribution in [3.05, 3.63) is 12.2 Å². The summed E-state index contributed by atoms with van der Waals surface area (Å²) in [4.78, 5) is 39.9. The smallest absolute Gasteiger partial charge is 0.315 e. The summed E-state index contributed by atoms with van der Waals surface area (Å²) >= 11 is 1.86. The highest BCUT2D eigenvalue weighted by Crippen LogP contribution is 2.34. The fraction of sp³-hybridized carbons (Fsp3) is 0.650. The number of aliphatic hydroxyl groups excluding tert-OH is 2. The lowest BCUT2D eigenvalue weighted by molar-refractivity contribution is -0.116. The first kappa shape index (κ1) is 22.3. The number of aromatic nitrogens is 4. The van der Waals surface area contributed by atoms with Crippen molar-refractivity contribution in [3.63, 3.8) is 0 Å². The largest absolute Gasteiger partial charge is 0.394 e. The first-order valence-corrected chi connectivity index (χ1v) is 12.2. The number of rotatable bonds is 8. The summed E-state index contributed by atoms with van der Waals surface area (Å²) in [6.45, 7) is -0.203. The molecule has 0 aliphatic carbocycles. The zero-order valence-electron chi connectivity index (χ0n) is 17.9. The number of nitrogens with one attached hydrogen (secondary N) is 4. The zero-order chi connectivity index (χ0) is 22.9. The third-order valence-electron chi connectivity index (χ3n) is 6.29. The minimum Gasteiger partial charge on any atom is -0.394 e. The summed E-state index contributed by atoms with van der Waals surface area (Å²) in [5.74, 6) is 1.25. The van der Waals surface area contributed by atoms with Gasteiger partial charge in [-0.1, -0.05) is 6.42 Å². The SMILES string of the molecule is O=C(CCCC[C@@H]1SC[C@@H]2NC(=O)N[C@@H]21)Nc1nc([C@@H]2O[C@H](CO)C[C@H]2O)nc2nc[nH]c12. The summed E-state index contributed by atoms with van der Waals surface area (Å²) in [5, 5.41) is 28.7. The van der Waals surface area contributed by atoms with Gasteiger partial charge < -0.3 is 35.9 Å². The van der Waals surface area contributed by atoms with Crippen molar-refractivity contribution >= 4 is 40.7 Å². The summed E-state index contributed by atoms with van der Waals surface area (Å²) in [7, 11) is 0. The average Bonchev–Trinajstić information content (AvgIpc) is 3.55. The predicted octanol–water partition coefficient (Wildman–Crippen LogP) is 0.200. The Morgan fingerprint density at radius 3 is 3.00 bits per heavy atom. The van der Waals surface area contributed by atoms with E-state index in [0.717, 1.165) is 18.6 Å². The quantitative estimate of drug-likeness (QED) is 0.229. The summed E-state index contributed by atoms with van der Waals surface area (Å²) in [6.07, 6.45) is 2.48. The van der Waals surface area contributed by atoms with Gasteiger partial charge in [-0.15, -0.1) is 0 Å². The molecule has 3 amide bonds. The van der Waals surface area contributed by atoms with Crippen LogP contribution in [-0.4, -0.2) is 84.0 Å². The lowest BCUT2D eigenvalue weighted by Crippen LogP contribution is -2.36. The fourth-order valence-corrected chi connectivity index (χ4v) is 6.18. The van der Waals surface area contributed by atoms with Crippen molar-refractivity contribution in [2.75, 3.05) is 17.7 Å². The average molecular weight is 478 g/mol. The standard InChI is InChI=1S/C20H27N7O5S/c28-6-9-5-11(29)16(32-9)19-26-17-15(21-8-22-17)18(27-19)24-13(30)4-2-1-3-12-14-10(7-33-12)23-20(31)25-14/h8-12,14,16,28-29H,1-7H2,(H2,23,25,31)(H2,21,22,24,26,27,30)/t9-,10-,11+,12-,14-,16+/m0/s1. The van der Waals surface area contributed by atoms with E-state index in [-0.39, 0.29) is 48.7 Å². The molecule has 3 aliphatic rings. The number of aliphatic hydroxyl groups is 2. The monoisotopic (exact) mass is 477 g/mol. The first-order chi connectivity index (χ1) is 16.0. The van der Waals surface area contributed by atoms with E-state index in [4.69, 9.17) is 4.74 Å². The molecule has 6 N–H and O–H groups in total. The molecule has 6 atom stereocenters. The second-order valence-corrected chi connectivity index (χ2v) is 9.88. The number of ether oxygens (including phenoxy) is 1. The van der Waals surface area contributed by atoms with Crippen molar-refractivity contribution in [3.8, 4) is 0 Å². The van der Waals surface area contributed by atoms with Crippen molar-refractivity contribution in [1.82, 2.24) is 30.6 Å². The van der Waals surface area contributed by atoms with E-state index in [1.54, 1.807) is 0 Å². The number of H-pyrrole nitrogens is 1. The van der Waals surface area contributed by atoms with Crippen molar-refractivity contribution in [2.45, 2.75) is 67.7 Å². The molecule has 0 saturated carbocycles. The molecule has 3 saturated heterocycles. The summed E-state index contributed by atoms with van der Waals surface area (Å²) < 4.78 is 5.65. The Bertz CT molecular complexity index is 1040. The van der Waals surface area contributed by atoms with Crippen molar-refractivity contribution in [1.29, 1.82) is 0 Å². The van der Waals surface area contributed by atoms with E-state index >= 15 is 0 Å². The zero-order valence-corrected chi connectivity index (χ0v) is 18.7. The molecular formula is C20H27N7O5S. The van der Waals surface area contributed by atoms with Gasteiger partial charge in [0.05, 0.1) is 37.2 Å². The fourth-order valence-electron chi connectivity index (χ4n) is 4.63. The second-order valence-electron chi connectivity index (χ2n) is 8.61. The number of urea groups is 1. The predicted molar refractivity (Wildman–Crippen MR) is 120 cm³/mol. The molecule has 3 aliphatic heterocycles. The third-order valence-corrected chi connectivity index (χ3v) is 7.80. The first-order valence-electron chi connectivity index (χ1n) is 11.2. The van der Waals surface area contributed by atoms with Gasteiger partial charge >= 0.3 is 6.03 Å². The highest BCUT2D eigenvalue weighted by molar-refractivity contribution is 8.00. The number of hydrogen-bond donors (Lipinski definition) is 6. The Kier molecular flexibility index (Phi) is 6.36. The molecule has 5 rings (SSSR count). The van der Waals surface area contributed by atoms with Gasteiger partial charge in [-0.25, -0.2) is 19.7 Å². The minimum atomic E-state index is -0.852. The van der Waals surface area contributed by atoms with Crippen LogP contribution in [0.4, 0.5) is 10.6 Å². The van der Waals surface area contributed by atoms with Crippen LogP contribution in [0.2, 0.25) is 0 Å². The van der Waals surface area contributed by atoms with E-state index in [1.807, 2.05) is 11.8 Å². The second kappa shape index (κ2) is 9.41. The number of carbonyl (C=O) groups excluding carboxylic acids is 2. The van der Waals surface area contributed by atoms with E-state index in [1.165, 1.54) is 6.33 Å². The van der Waals surface area contributed by atoms with Gasteiger partial charge in [0.1, 0.15) is 11.6 Å². The van der Waals surface area contributed by atoms with E-state index in [9.17, 15) is 19.8 Å². The molecule has 178 valence electrons. The summed E-state index contributed by atoms with van der Waals surface area (Å²) in [6, 6.07) is 0.282. The number of nitrogens with zero attached hydrogens (tertiary/aromatic N) is 3. The number of unbranched alkanes of at least 4 members (excludes halogenated alkanes) is 1. The molecule has 13 heteroatoms. The molecular weight excluding hydrogens is 450 g/mol. The van der Waals surface area contributed by atoms with Crippen LogP contribution in [0.1, 0.15) is 44.0 Å². The maximum atomic E-state index is 12.6. The lowest BCUT2D eigenvalue weighted by atomic mass is 10.0. The van der Waals surface area contributed by atoms with E-state index in [2.05, 4.69) is 35.9 Å². The van der Waals surface area contributed by atoms with Crippen LogP contribution in [0.3, 0.4) is 0 Å². The van der Waals surface area contributed by atoms with Crippen LogP contribution in [-0.2, 0) is 9.53 Å². The van der Waals surface area contributed by atoms with E-state index in [0.29, 0.717) is 29.3 Å². The maximum absolute atomic E-state index is 12.6. The number of carbonyl (C=O) groups is 2. The highest BCUT2D eigenvalue weighted by Gasteiger charge is 2.42. The van der Waals surface area contributed by atoms with Gasteiger partial charge in [-0.05, 0) is 12.8 Å². The molecule has 33 heavy (non-hydrogen) atoms. The Labute approximate surface area is 193 Å². The number of amides is 3. The third kappa shape index (κ3) is 4.63. The van der Waals surface area contributed by atoms with Gasteiger partial charge in [0.25, 0.3) is 0 Å². The normalized spacial score (nSPS) is 30.9. The Morgan fingerprint density at radius 1 is 1.30 bits per heavy atom. The number of fused-ring (bicyclic) bond motifs is 2. The number of aromatic amines is 1. The van der Waals surface area contributed by atoms with Gasteiger partial charge in [-0.3, -0.25) is 4.79 Å². The van der Waals surface area contributed by atoms with Crippen LogP contribution < -0.4 is 16.0 Å². The molecule has 0 spiro atoms. The van der Waals surface area contributed by atoms with Gasteiger partial charge in [0, 0.05) is 23.8 Å². The lowest BCUT2D eigenvalue weighted by Gasteiger charge is -2.16. The molecule has 12 nitrogen and oxygen atoms in total. The van der Waals surface area contributed by atoms with Crippen LogP contribution in [0, 0.1) is 0 Å². The molecule has 2 aromatic heterocycles. The minimum absolute atomic E-state index is 0.0913. The van der Waals surface area contributed by atoms with Crippen LogP contribution in [0.5, 0.6) is 0 Å². The molecule has 3 fully saturated rings. The maximum Gasteiger partial charge on any atom is 0.315 e. The van der Waals surface area contributed by atoms with E-state index < -0.39 is 18.3 Å². The Hall–Kier alpha value is -2.48. The molecule has 0 radical (unpaired) electrons. The molecule has 5 heterocycles. The number of anilines is 1. The summed E-state index contributed by atoms with van der Waals surface area (Å²) in [5.41, 5.74) is 0.856. The van der Waals surface area contributed by atoms with Crippen LogP contribution >= 0.6 is 11.8 Å². The van der Waals surface area contributed by atoms with Gasteiger partial charge in [0.15, 0.2) is 17.3 Å². The topological polar surface area (TPSA) is 174 Å². The van der Waals surface area contributed by atoms with Gasteiger partial charge in [-0.2, -0.15) is 11.8 Å². The molecule has 0 bridgehead atoms. The van der Waals surface area contributed by atoms with Crippen molar-refractivity contribution < 1.29 is 24.5 Å². The number of thioether (sulfide) groups is 1.